The second-order valence-corrected chi connectivity index (χ2v) is 12.2. The number of aliphatic hydroxyl groups excluding tert-OH is 1. The van der Waals surface area contributed by atoms with Gasteiger partial charge in [0.05, 0.1) is 35.0 Å². The van der Waals surface area contributed by atoms with E-state index in [4.69, 9.17) is 21.1 Å². The van der Waals surface area contributed by atoms with Crippen LogP contribution in [0.3, 0.4) is 0 Å². The molecule has 2 aromatic heterocycles. The van der Waals surface area contributed by atoms with Crippen LogP contribution in [0.5, 0.6) is 5.75 Å². The van der Waals surface area contributed by atoms with Gasteiger partial charge in [-0.3, -0.25) is 4.68 Å². The van der Waals surface area contributed by atoms with Crippen LogP contribution in [0, 0.1) is 5.82 Å². The highest BCUT2D eigenvalue weighted by Gasteiger charge is 2.30. The molecule has 0 bridgehead atoms. The van der Waals surface area contributed by atoms with Crippen LogP contribution in [-0.2, 0) is 24.6 Å². The minimum absolute atomic E-state index is 0.0729. The first-order valence-corrected chi connectivity index (χ1v) is 15.6. The average molecular weight is 636 g/mol. The molecule has 0 aliphatic rings. The molecule has 3 N–H and O–H groups in total. The summed E-state index contributed by atoms with van der Waals surface area (Å²) in [6.45, 7) is 7.60. The van der Waals surface area contributed by atoms with Crippen molar-refractivity contribution in [2.24, 2.45) is 7.05 Å². The molecule has 0 saturated heterocycles. The number of nitrogens with zero attached hydrogens (tertiary/aromatic N) is 2. The van der Waals surface area contributed by atoms with E-state index in [1.165, 1.54) is 12.1 Å². The number of carbonyl (C=O) groups is 1. The number of halogens is 2. The molecule has 2 heterocycles. The summed E-state index contributed by atoms with van der Waals surface area (Å²) in [4.78, 5) is 16.5. The van der Waals surface area contributed by atoms with Crippen LogP contribution in [0.4, 0.5) is 4.39 Å². The van der Waals surface area contributed by atoms with Crippen molar-refractivity contribution in [2.75, 3.05) is 13.2 Å². The molecule has 0 aliphatic heterocycles. The van der Waals surface area contributed by atoms with Crippen LogP contribution >= 0.6 is 11.6 Å². The molecule has 45 heavy (non-hydrogen) atoms. The summed E-state index contributed by atoms with van der Waals surface area (Å²) in [5, 5.41) is 29.2. The summed E-state index contributed by atoms with van der Waals surface area (Å²) in [6, 6.07) is 13.8. The fourth-order valence-electron chi connectivity index (χ4n) is 6.02. The van der Waals surface area contributed by atoms with E-state index >= 15 is 0 Å². The minimum Gasteiger partial charge on any atom is -0.493 e. The number of hydrogen-bond donors (Lipinski definition) is 3. The fraction of sp³-hybridized carbons (Fsp3) is 0.371. The van der Waals surface area contributed by atoms with Crippen molar-refractivity contribution < 1.29 is 28.9 Å². The van der Waals surface area contributed by atoms with Gasteiger partial charge in [0.25, 0.3) is 0 Å². The first-order valence-electron chi connectivity index (χ1n) is 15.2. The third-order valence-electron chi connectivity index (χ3n) is 7.93. The molecule has 0 radical (unpaired) electrons. The summed E-state index contributed by atoms with van der Waals surface area (Å²) in [7, 11) is 1.81. The van der Waals surface area contributed by atoms with Gasteiger partial charge in [-0.05, 0) is 81.3 Å². The largest absolute Gasteiger partial charge is 0.493 e. The van der Waals surface area contributed by atoms with Gasteiger partial charge in [0.1, 0.15) is 23.4 Å². The summed E-state index contributed by atoms with van der Waals surface area (Å²) in [6.07, 6.45) is 0.703. The maximum atomic E-state index is 13.7. The number of ether oxygens (including phenoxy) is 2. The molecule has 8 nitrogen and oxygen atoms in total. The second-order valence-electron chi connectivity index (χ2n) is 11.8. The van der Waals surface area contributed by atoms with E-state index in [0.717, 1.165) is 27.4 Å². The van der Waals surface area contributed by atoms with E-state index in [0.29, 0.717) is 64.7 Å². The molecule has 238 valence electrons. The quantitative estimate of drug-likeness (QED) is 0.0970. The second kappa shape index (κ2) is 13.2. The number of aromatic amines is 1. The lowest BCUT2D eigenvalue weighted by Crippen LogP contribution is -2.22. The van der Waals surface area contributed by atoms with Crippen molar-refractivity contribution in [1.82, 2.24) is 14.8 Å². The fourth-order valence-corrected chi connectivity index (χ4v) is 6.27. The molecular formula is C35H39ClFN3O5. The number of aliphatic hydroxyl groups is 2. The summed E-state index contributed by atoms with van der Waals surface area (Å²) >= 11 is 6.89. The lowest BCUT2D eigenvalue weighted by molar-refractivity contribution is 0.0164. The van der Waals surface area contributed by atoms with Crippen molar-refractivity contribution >= 4 is 39.2 Å². The van der Waals surface area contributed by atoms with Gasteiger partial charge >= 0.3 is 5.97 Å². The first-order chi connectivity index (χ1) is 21.4. The van der Waals surface area contributed by atoms with Crippen molar-refractivity contribution in [3.05, 3.63) is 82.0 Å². The Morgan fingerprint density at radius 3 is 2.60 bits per heavy atom. The molecule has 0 aliphatic carbocycles. The van der Waals surface area contributed by atoms with Gasteiger partial charge in [-0.25, -0.2) is 9.18 Å². The van der Waals surface area contributed by atoms with E-state index in [1.54, 1.807) is 37.6 Å². The number of esters is 1. The van der Waals surface area contributed by atoms with Gasteiger partial charge in [0, 0.05) is 41.1 Å². The van der Waals surface area contributed by atoms with Gasteiger partial charge in [-0.15, -0.1) is 0 Å². The van der Waals surface area contributed by atoms with Gasteiger partial charge in [-0.2, -0.15) is 5.10 Å². The number of rotatable bonds is 12. The van der Waals surface area contributed by atoms with Gasteiger partial charge in [0.15, 0.2) is 0 Å². The first kappa shape index (κ1) is 32.5. The highest BCUT2D eigenvalue weighted by Crippen LogP contribution is 2.43. The zero-order valence-corrected chi connectivity index (χ0v) is 27.0. The van der Waals surface area contributed by atoms with E-state index < -0.39 is 17.7 Å². The molecule has 5 aromatic rings. The number of aryl methyl sites for hydroxylation is 2. The monoisotopic (exact) mass is 635 g/mol. The number of nitrogens with one attached hydrogen (secondary N) is 1. The molecule has 0 amide bonds. The van der Waals surface area contributed by atoms with Crippen LogP contribution in [0.25, 0.3) is 32.8 Å². The van der Waals surface area contributed by atoms with E-state index in [-0.39, 0.29) is 18.8 Å². The van der Waals surface area contributed by atoms with Crippen molar-refractivity contribution in [1.29, 1.82) is 0 Å². The Labute approximate surface area is 266 Å². The topological polar surface area (TPSA) is 110 Å². The SMILES string of the molecule is CCOC(=O)c1[nH]c2c(-c3c(C(O)CC(C)(C)O)nn(C)c3CC)c(Cl)ccc2c1CCCOc1cccc2cc(F)ccc12. The van der Waals surface area contributed by atoms with E-state index in [1.807, 2.05) is 38.2 Å². The van der Waals surface area contributed by atoms with Crippen LogP contribution in [-0.4, -0.2) is 49.8 Å². The van der Waals surface area contributed by atoms with Crippen LogP contribution in [0.15, 0.2) is 48.5 Å². The van der Waals surface area contributed by atoms with Crippen molar-refractivity contribution in [3.8, 4) is 16.9 Å². The predicted octanol–water partition coefficient (Wildman–Crippen LogP) is 7.46. The molecule has 0 spiro atoms. The standard InChI is InChI=1S/C35H39ClFN3O5/c1-6-26-30(33(39-40(26)5)27(41)19-35(3,4)43)29-25(36)16-15-24-23(32(38-31(24)29)34(42)44-7-2)11-9-17-45-28-12-8-10-20-18-21(37)13-14-22(20)28/h8,10,12-16,18,27,38,41,43H,6-7,9,11,17,19H2,1-5H3. The normalized spacial score (nSPS) is 12.6. The molecule has 10 heteroatoms. The van der Waals surface area contributed by atoms with E-state index in [2.05, 4.69) is 10.1 Å². The number of aromatic nitrogens is 3. The Morgan fingerprint density at radius 2 is 1.89 bits per heavy atom. The summed E-state index contributed by atoms with van der Waals surface area (Å²) in [5.41, 5.74) is 3.16. The van der Waals surface area contributed by atoms with Gasteiger partial charge in [-0.1, -0.05) is 36.7 Å². The number of H-pyrrole nitrogens is 1. The highest BCUT2D eigenvalue weighted by molar-refractivity contribution is 6.35. The van der Waals surface area contributed by atoms with Crippen LogP contribution in [0.1, 0.15) is 74.1 Å². The Morgan fingerprint density at radius 1 is 1.13 bits per heavy atom. The maximum Gasteiger partial charge on any atom is 0.355 e. The molecular weight excluding hydrogens is 597 g/mol. The summed E-state index contributed by atoms with van der Waals surface area (Å²) in [5.74, 6) is -0.125. The maximum absolute atomic E-state index is 13.7. The molecule has 0 saturated carbocycles. The molecule has 1 atom stereocenters. The zero-order valence-electron chi connectivity index (χ0n) is 26.2. The smallest absolute Gasteiger partial charge is 0.355 e. The lowest BCUT2D eigenvalue weighted by Gasteiger charge is -2.21. The summed E-state index contributed by atoms with van der Waals surface area (Å²) < 4.78 is 27.0. The Bertz CT molecular complexity index is 1860. The lowest BCUT2D eigenvalue weighted by atomic mass is 9.92. The third-order valence-corrected chi connectivity index (χ3v) is 8.24. The predicted molar refractivity (Wildman–Crippen MR) is 174 cm³/mol. The minimum atomic E-state index is -1.13. The molecule has 5 rings (SSSR count). The number of fused-ring (bicyclic) bond motifs is 2. The number of benzene rings is 3. The number of carbonyl (C=O) groups excluding carboxylic acids is 1. The van der Waals surface area contributed by atoms with Crippen molar-refractivity contribution in [3.63, 3.8) is 0 Å². The third kappa shape index (κ3) is 6.71. The Hall–Kier alpha value is -3.92. The van der Waals surface area contributed by atoms with E-state index in [9.17, 15) is 19.4 Å². The highest BCUT2D eigenvalue weighted by atomic mass is 35.5. The average Bonchev–Trinajstić information content (AvgIpc) is 3.51. The Kier molecular flexibility index (Phi) is 9.53. The van der Waals surface area contributed by atoms with Crippen molar-refractivity contribution in [2.45, 2.75) is 65.1 Å². The van der Waals surface area contributed by atoms with Crippen LogP contribution < -0.4 is 4.74 Å². The zero-order chi connectivity index (χ0) is 32.5. The molecule has 3 aromatic carbocycles. The Balaban J connectivity index is 1.54. The van der Waals surface area contributed by atoms with Gasteiger partial charge in [0.2, 0.25) is 0 Å². The van der Waals surface area contributed by atoms with Gasteiger partial charge < -0.3 is 24.7 Å². The molecule has 1 unspecified atom stereocenters. The number of hydrogen-bond acceptors (Lipinski definition) is 6. The van der Waals surface area contributed by atoms with Crippen LogP contribution in [0.2, 0.25) is 5.02 Å². The molecule has 0 fully saturated rings.